The third kappa shape index (κ3) is 5.62. The molecule has 1 aromatic rings. The number of carbonyl (C=O) groups is 2. The predicted molar refractivity (Wildman–Crippen MR) is 95.0 cm³/mol. The molecule has 0 aliphatic carbocycles. The Kier molecular flexibility index (Phi) is 7.22. The summed E-state index contributed by atoms with van der Waals surface area (Å²) in [5, 5.41) is 12.7. The highest BCUT2D eigenvalue weighted by Crippen LogP contribution is 2.29. The molecule has 2 amide bonds. The summed E-state index contributed by atoms with van der Waals surface area (Å²) in [4.78, 5) is 27.0. The van der Waals surface area contributed by atoms with E-state index in [2.05, 4.69) is 12.2 Å². The van der Waals surface area contributed by atoms with Gasteiger partial charge in [-0.2, -0.15) is 0 Å². The van der Waals surface area contributed by atoms with E-state index < -0.39 is 5.41 Å². The van der Waals surface area contributed by atoms with Crippen molar-refractivity contribution in [3.05, 3.63) is 16.5 Å². The second kappa shape index (κ2) is 8.45. The number of nitrogens with zero attached hydrogens (tertiary/aromatic N) is 1. The Morgan fingerprint density at radius 2 is 1.96 bits per heavy atom. The lowest BCUT2D eigenvalue weighted by Crippen LogP contribution is -2.34. The fourth-order valence-corrected chi connectivity index (χ4v) is 3.02. The number of unbranched alkanes of at least 4 members (excludes halogenated alkanes) is 1. The molecule has 2 N–H and O–H groups in total. The topological polar surface area (TPSA) is 69.6 Å². The number of hydrogen-bond donors (Lipinski definition) is 2. The van der Waals surface area contributed by atoms with Gasteiger partial charge in [0.2, 0.25) is 5.91 Å². The van der Waals surface area contributed by atoms with Crippen LogP contribution in [0.15, 0.2) is 6.07 Å². The van der Waals surface area contributed by atoms with E-state index in [4.69, 9.17) is 5.11 Å². The second-order valence-electron chi connectivity index (χ2n) is 6.70. The van der Waals surface area contributed by atoms with Crippen molar-refractivity contribution in [1.82, 2.24) is 4.90 Å². The summed E-state index contributed by atoms with van der Waals surface area (Å²) in [6.07, 6.45) is 1.90. The summed E-state index contributed by atoms with van der Waals surface area (Å²) in [5.74, 6) is -0.151. The molecule has 0 radical (unpaired) electrons. The van der Waals surface area contributed by atoms with Gasteiger partial charge in [0.05, 0.1) is 16.5 Å². The highest BCUT2D eigenvalue weighted by Gasteiger charge is 2.24. The second-order valence-corrected chi connectivity index (χ2v) is 7.75. The quantitative estimate of drug-likeness (QED) is 0.800. The van der Waals surface area contributed by atoms with Crippen LogP contribution in [0, 0.1) is 12.3 Å². The molecule has 1 rings (SSSR count). The van der Waals surface area contributed by atoms with Crippen molar-refractivity contribution < 1.29 is 14.7 Å². The smallest absolute Gasteiger partial charge is 0.264 e. The van der Waals surface area contributed by atoms with Crippen LogP contribution in [0.1, 0.15) is 55.8 Å². The van der Waals surface area contributed by atoms with Crippen LogP contribution in [0.3, 0.4) is 0 Å². The Hall–Kier alpha value is -1.40. The first-order valence-corrected chi connectivity index (χ1v) is 8.84. The number of aliphatic hydroxyl groups is 1. The monoisotopic (exact) mass is 340 g/mol. The molecule has 23 heavy (non-hydrogen) atoms. The van der Waals surface area contributed by atoms with Gasteiger partial charge in [-0.3, -0.25) is 9.59 Å². The molecular weight excluding hydrogens is 312 g/mol. The van der Waals surface area contributed by atoms with Crippen LogP contribution in [0.4, 0.5) is 5.00 Å². The van der Waals surface area contributed by atoms with Gasteiger partial charge in [0.1, 0.15) is 0 Å². The molecule has 0 fully saturated rings. The fourth-order valence-electron chi connectivity index (χ4n) is 1.98. The van der Waals surface area contributed by atoms with E-state index in [0.29, 0.717) is 23.0 Å². The Bertz CT molecular complexity index is 547. The average Bonchev–Trinajstić information content (AvgIpc) is 2.82. The van der Waals surface area contributed by atoms with E-state index in [0.717, 1.165) is 18.4 Å². The minimum Gasteiger partial charge on any atom is -0.395 e. The van der Waals surface area contributed by atoms with Crippen LogP contribution in [0.5, 0.6) is 0 Å². The van der Waals surface area contributed by atoms with E-state index in [1.165, 1.54) is 11.3 Å². The van der Waals surface area contributed by atoms with Crippen molar-refractivity contribution in [3.63, 3.8) is 0 Å². The molecule has 0 aliphatic rings. The van der Waals surface area contributed by atoms with Gasteiger partial charge in [-0.15, -0.1) is 11.3 Å². The van der Waals surface area contributed by atoms with Crippen molar-refractivity contribution in [3.8, 4) is 0 Å². The lowest BCUT2D eigenvalue weighted by atomic mass is 9.96. The molecule has 0 saturated carbocycles. The van der Waals surface area contributed by atoms with Crippen LogP contribution in [0.2, 0.25) is 0 Å². The minimum absolute atomic E-state index is 0.0481. The number of amides is 2. The maximum atomic E-state index is 12.7. The maximum absolute atomic E-state index is 12.7. The zero-order valence-electron chi connectivity index (χ0n) is 14.7. The van der Waals surface area contributed by atoms with Gasteiger partial charge in [0.25, 0.3) is 5.91 Å². The molecule has 6 heteroatoms. The van der Waals surface area contributed by atoms with Gasteiger partial charge < -0.3 is 15.3 Å². The molecule has 0 saturated heterocycles. The summed E-state index contributed by atoms with van der Waals surface area (Å²) in [6.45, 7) is 10.4. The largest absolute Gasteiger partial charge is 0.395 e. The van der Waals surface area contributed by atoms with Crippen LogP contribution < -0.4 is 5.32 Å². The zero-order chi connectivity index (χ0) is 17.6. The molecule has 0 bridgehead atoms. The first-order chi connectivity index (χ1) is 10.7. The molecule has 0 unspecified atom stereocenters. The molecule has 130 valence electrons. The zero-order valence-corrected chi connectivity index (χ0v) is 15.5. The Morgan fingerprint density at radius 1 is 1.30 bits per heavy atom. The number of aliphatic hydroxyl groups excluding tert-OH is 1. The molecule has 0 spiro atoms. The molecule has 5 nitrogen and oxygen atoms in total. The average molecular weight is 340 g/mol. The van der Waals surface area contributed by atoms with Crippen molar-refractivity contribution in [1.29, 1.82) is 0 Å². The van der Waals surface area contributed by atoms with Gasteiger partial charge in [-0.25, -0.2) is 0 Å². The van der Waals surface area contributed by atoms with Crippen molar-refractivity contribution in [2.24, 2.45) is 5.41 Å². The number of rotatable bonds is 7. The number of carbonyl (C=O) groups excluding carboxylic acids is 2. The lowest BCUT2D eigenvalue weighted by molar-refractivity contribution is -0.123. The Balaban J connectivity index is 2.91. The van der Waals surface area contributed by atoms with Crippen LogP contribution in [-0.2, 0) is 4.79 Å². The van der Waals surface area contributed by atoms with Gasteiger partial charge in [0.15, 0.2) is 0 Å². The summed E-state index contributed by atoms with van der Waals surface area (Å²) in [7, 11) is 0. The van der Waals surface area contributed by atoms with Gasteiger partial charge in [-0.05, 0) is 25.0 Å². The molecule has 0 atom stereocenters. The summed E-state index contributed by atoms with van der Waals surface area (Å²) in [5.41, 5.74) is 0.371. The Labute approximate surface area is 142 Å². The van der Waals surface area contributed by atoms with Crippen molar-refractivity contribution >= 4 is 28.2 Å². The van der Waals surface area contributed by atoms with Gasteiger partial charge >= 0.3 is 0 Å². The molecule has 1 heterocycles. The van der Waals surface area contributed by atoms with E-state index in [1.54, 1.807) is 4.90 Å². The summed E-state index contributed by atoms with van der Waals surface area (Å²) < 4.78 is 0. The van der Waals surface area contributed by atoms with Crippen LogP contribution in [0.25, 0.3) is 0 Å². The summed E-state index contributed by atoms with van der Waals surface area (Å²) in [6, 6.07) is 1.83. The number of thiophene rings is 1. The normalized spacial score (nSPS) is 11.4. The van der Waals surface area contributed by atoms with E-state index >= 15 is 0 Å². The minimum atomic E-state index is -0.480. The molecule has 0 aromatic carbocycles. The maximum Gasteiger partial charge on any atom is 0.264 e. The summed E-state index contributed by atoms with van der Waals surface area (Å²) >= 11 is 1.29. The van der Waals surface area contributed by atoms with Gasteiger partial charge in [-0.1, -0.05) is 34.1 Å². The van der Waals surface area contributed by atoms with Crippen molar-refractivity contribution in [2.75, 3.05) is 25.0 Å². The number of anilines is 1. The first-order valence-electron chi connectivity index (χ1n) is 8.02. The fraction of sp³-hybridized carbons (Fsp3) is 0.647. The first kappa shape index (κ1) is 19.6. The number of hydrogen-bond acceptors (Lipinski definition) is 4. The third-order valence-corrected chi connectivity index (χ3v) is 4.61. The van der Waals surface area contributed by atoms with Crippen molar-refractivity contribution in [2.45, 2.75) is 47.5 Å². The Morgan fingerprint density at radius 3 is 2.48 bits per heavy atom. The molecule has 1 aromatic heterocycles. The van der Waals surface area contributed by atoms with E-state index in [1.807, 2.05) is 33.8 Å². The van der Waals surface area contributed by atoms with E-state index in [9.17, 15) is 9.59 Å². The third-order valence-electron chi connectivity index (χ3n) is 3.47. The number of aryl methyl sites for hydroxylation is 1. The van der Waals surface area contributed by atoms with E-state index in [-0.39, 0.29) is 18.4 Å². The number of nitrogens with one attached hydrogen (secondary N) is 1. The molecular formula is C17H28N2O3S. The van der Waals surface area contributed by atoms with Gasteiger partial charge in [0, 0.05) is 18.5 Å². The van der Waals surface area contributed by atoms with Crippen LogP contribution >= 0.6 is 11.3 Å². The standard InChI is InChI=1S/C17H28N2O3S/c1-6-7-8-19(9-10-20)15(21)14-12(2)11-13(23-14)18-16(22)17(3,4)5/h11,20H,6-10H2,1-5H3,(H,18,22). The highest BCUT2D eigenvalue weighted by molar-refractivity contribution is 7.18. The SMILES string of the molecule is CCCCN(CCO)C(=O)c1sc(NC(=O)C(C)(C)C)cc1C. The van der Waals surface area contributed by atoms with Crippen LogP contribution in [-0.4, -0.2) is 41.5 Å². The highest BCUT2D eigenvalue weighted by atomic mass is 32.1. The predicted octanol–water partition coefficient (Wildman–Crippen LogP) is 3.28. The lowest BCUT2D eigenvalue weighted by Gasteiger charge is -2.21. The molecule has 0 aliphatic heterocycles.